The van der Waals surface area contributed by atoms with E-state index in [1.165, 1.54) is 0 Å². The minimum Gasteiger partial charge on any atom is -0.339 e. The zero-order valence-corrected chi connectivity index (χ0v) is 9.19. The monoisotopic (exact) mass is 182 g/mol. The minimum absolute atomic E-state index is 0.750. The first-order chi connectivity index (χ1) is 6.33. The molecule has 0 fully saturated rings. The summed E-state index contributed by atoms with van der Waals surface area (Å²) in [6, 6.07) is 0. The molecule has 0 amide bonds. The van der Waals surface area contributed by atoms with E-state index in [0.717, 1.165) is 19.3 Å². The Hall–Kier alpha value is -1.04. The van der Waals surface area contributed by atoms with Crippen molar-refractivity contribution in [3.05, 3.63) is 67.2 Å². The van der Waals surface area contributed by atoms with Crippen LogP contribution >= 0.6 is 0 Å². The van der Waals surface area contributed by atoms with Crippen molar-refractivity contribution < 1.29 is 0 Å². The van der Waals surface area contributed by atoms with Crippen molar-refractivity contribution in [1.29, 1.82) is 0 Å². The van der Waals surface area contributed by atoms with Gasteiger partial charge in [-0.3, -0.25) is 6.92 Å². The molecule has 0 heterocycles. The van der Waals surface area contributed by atoms with Gasteiger partial charge in [0.1, 0.15) is 0 Å². The molecule has 0 N–H and O–H groups in total. The molecule has 0 atom stereocenters. The Morgan fingerprint density at radius 3 is 0.846 bits per heavy atom. The van der Waals surface area contributed by atoms with E-state index in [0.29, 0.717) is 0 Å². The molecule has 0 aromatic heterocycles. The fourth-order valence-corrected chi connectivity index (χ4v) is 0. The van der Waals surface area contributed by atoms with Crippen molar-refractivity contribution in [1.82, 2.24) is 0 Å². The molecule has 0 rings (SSSR count). The lowest BCUT2D eigenvalue weighted by atomic mass is 10.4. The smallest absolute Gasteiger partial charge is 0.0587 e. The normalized spacial score (nSPS) is 4.46. The van der Waals surface area contributed by atoms with Crippen LogP contribution in [-0.4, -0.2) is 0 Å². The molecule has 0 bridgehead atoms. The fraction of sp³-hybridized carbons (Fsp3) is 0.231. The lowest BCUT2D eigenvalue weighted by molar-refractivity contribution is 1.05. The number of rotatable bonds is 1. The van der Waals surface area contributed by atoms with Crippen LogP contribution in [0, 0.1) is 27.7 Å². The molecule has 0 nitrogen and oxygen atoms in total. The summed E-state index contributed by atoms with van der Waals surface area (Å²) in [5.41, 5.74) is 0. The molecule has 0 saturated heterocycles. The Labute approximate surface area is 87.1 Å². The van der Waals surface area contributed by atoms with Crippen LogP contribution in [0.1, 0.15) is 19.3 Å². The van der Waals surface area contributed by atoms with Crippen molar-refractivity contribution in [2.75, 3.05) is 0 Å². The van der Waals surface area contributed by atoms with Gasteiger partial charge in [-0.1, -0.05) is 0 Å². The zero-order valence-electron chi connectivity index (χ0n) is 9.19. The first kappa shape index (κ1) is 29.7. The predicted octanol–water partition coefficient (Wildman–Crippen LogP) is 4.89. The summed E-state index contributed by atoms with van der Waals surface area (Å²) < 4.78 is 0. The third kappa shape index (κ3) is 550000. The standard InChI is InChI=1S/C4H8.C3H6.3C2H4/c1-3-4-2;1-3-2;3*1-2/h1-4H2;1-3H2;3*1-2H2. The van der Waals surface area contributed by atoms with E-state index in [2.05, 4.69) is 67.2 Å². The van der Waals surface area contributed by atoms with Gasteiger partial charge in [-0.2, -0.15) is 0 Å². The van der Waals surface area contributed by atoms with Crippen LogP contribution in [-0.2, 0) is 0 Å². The molecule has 0 aromatic carbocycles. The van der Waals surface area contributed by atoms with E-state index < -0.39 is 0 Å². The fourth-order valence-electron chi connectivity index (χ4n) is 0. The topological polar surface area (TPSA) is 0 Å². The predicted molar refractivity (Wildman–Crippen MR) is 69.0 cm³/mol. The van der Waals surface area contributed by atoms with E-state index in [-0.39, 0.29) is 0 Å². The highest BCUT2D eigenvalue weighted by atomic mass is 13.6. The van der Waals surface area contributed by atoms with Gasteiger partial charge in [0.25, 0.3) is 0 Å². The van der Waals surface area contributed by atoms with Crippen molar-refractivity contribution in [2.45, 2.75) is 19.3 Å². The maximum atomic E-state index is 3.54. The molecule has 78 valence electrons. The van der Waals surface area contributed by atoms with E-state index in [4.69, 9.17) is 0 Å². The highest BCUT2D eigenvalue weighted by Gasteiger charge is 1.57. The molecule has 0 unspecified atom stereocenters. The summed E-state index contributed by atoms with van der Waals surface area (Å²) in [5.74, 6) is 0. The number of unbranched alkanes of at least 4 members (excludes halogenated alkanes) is 1. The largest absolute Gasteiger partial charge is 0.339 e. The van der Waals surface area contributed by atoms with E-state index >= 15 is 0 Å². The van der Waals surface area contributed by atoms with Crippen LogP contribution in [0.3, 0.4) is 0 Å². The van der Waals surface area contributed by atoms with Crippen LogP contribution < -0.4 is 0 Å². The second kappa shape index (κ2) is 283. The third-order valence-electron chi connectivity index (χ3n) is 0.250. The third-order valence-corrected chi connectivity index (χ3v) is 0.250. The first-order valence-electron chi connectivity index (χ1n) is 4.00. The maximum absolute atomic E-state index is 3.54. The number of hydrogen-bond donors (Lipinski definition) is 0. The van der Waals surface area contributed by atoms with Gasteiger partial charge in [-0.05, 0) is 6.42 Å². The minimum atomic E-state index is 0.750. The molecular weight excluding hydrogens is 156 g/mol. The summed E-state index contributed by atoms with van der Waals surface area (Å²) in [4.78, 5) is 0. The average Bonchev–Trinajstić information content (AvgIpc) is 2.27. The number of hydrogen-bond acceptors (Lipinski definition) is 0. The molecule has 0 aliphatic heterocycles. The SMILES string of the molecule is C=C.C=C.C=C.[CH2+]CC[CH2-].[CH2+]C[CH2-]. The van der Waals surface area contributed by atoms with Gasteiger partial charge in [0.2, 0.25) is 0 Å². The lowest BCUT2D eigenvalue weighted by Crippen LogP contribution is -1.49. The second-order valence-electron chi connectivity index (χ2n) is 1.06. The summed E-state index contributed by atoms with van der Waals surface area (Å²) in [7, 11) is 0. The molecule has 0 aliphatic rings. The highest BCUT2D eigenvalue weighted by molar-refractivity contribution is 4.38. The van der Waals surface area contributed by atoms with Crippen molar-refractivity contribution in [3.8, 4) is 0 Å². The Morgan fingerprint density at radius 2 is 0.846 bits per heavy atom. The lowest BCUT2D eigenvalue weighted by Gasteiger charge is -1.71. The van der Waals surface area contributed by atoms with Crippen LogP contribution in [0.4, 0.5) is 0 Å². The van der Waals surface area contributed by atoms with Gasteiger partial charge in [-0.25, -0.2) is 0 Å². The van der Waals surface area contributed by atoms with Crippen LogP contribution in [0.15, 0.2) is 39.5 Å². The first-order valence-corrected chi connectivity index (χ1v) is 4.00. The Balaban J connectivity index is -0.0000000215. The van der Waals surface area contributed by atoms with Gasteiger partial charge < -0.3 is 6.92 Å². The Morgan fingerprint density at radius 1 is 0.769 bits per heavy atom. The van der Waals surface area contributed by atoms with Crippen molar-refractivity contribution in [3.63, 3.8) is 0 Å². The van der Waals surface area contributed by atoms with Crippen molar-refractivity contribution in [2.24, 2.45) is 0 Å². The average molecular weight is 182 g/mol. The van der Waals surface area contributed by atoms with Gasteiger partial charge in [-0.15, -0.1) is 45.9 Å². The molecule has 0 radical (unpaired) electrons. The molecule has 0 aromatic rings. The Kier molecular flexibility index (Phi) is 646. The maximum Gasteiger partial charge on any atom is 0.0587 e. The van der Waals surface area contributed by atoms with Gasteiger partial charge in [0.15, 0.2) is 0 Å². The van der Waals surface area contributed by atoms with Crippen LogP contribution in [0.2, 0.25) is 0 Å². The van der Waals surface area contributed by atoms with Crippen LogP contribution in [0.25, 0.3) is 0 Å². The zero-order chi connectivity index (χ0) is 12.1. The quantitative estimate of drug-likeness (QED) is 0.400. The van der Waals surface area contributed by atoms with E-state index in [1.54, 1.807) is 0 Å². The van der Waals surface area contributed by atoms with Crippen molar-refractivity contribution >= 4 is 0 Å². The molecule has 0 heteroatoms. The molecular formula is C13H26. The second-order valence-corrected chi connectivity index (χ2v) is 1.06. The van der Waals surface area contributed by atoms with Gasteiger partial charge >= 0.3 is 0 Å². The molecule has 13 heavy (non-hydrogen) atoms. The summed E-state index contributed by atoms with van der Waals surface area (Å²) >= 11 is 0. The molecule has 0 saturated carbocycles. The van der Waals surface area contributed by atoms with Gasteiger partial charge in [0, 0.05) is 6.92 Å². The summed E-state index contributed by atoms with van der Waals surface area (Å²) in [6.45, 7) is 31.8. The van der Waals surface area contributed by atoms with Crippen LogP contribution in [0.5, 0.6) is 0 Å². The summed E-state index contributed by atoms with van der Waals surface area (Å²) in [6.07, 6.45) is 2.67. The Bertz CT molecular complexity index is 24.3. The summed E-state index contributed by atoms with van der Waals surface area (Å²) in [5, 5.41) is 0. The van der Waals surface area contributed by atoms with E-state index in [9.17, 15) is 0 Å². The highest BCUT2D eigenvalue weighted by Crippen LogP contribution is 1.75. The molecule has 0 aliphatic carbocycles. The molecule has 0 spiro atoms. The van der Waals surface area contributed by atoms with Gasteiger partial charge in [0.05, 0.1) is 13.3 Å². The van der Waals surface area contributed by atoms with E-state index in [1.807, 2.05) is 0 Å².